The van der Waals surface area contributed by atoms with Crippen molar-refractivity contribution in [1.29, 1.82) is 0 Å². The van der Waals surface area contributed by atoms with Gasteiger partial charge in [-0.1, -0.05) is 60.7 Å². The highest BCUT2D eigenvalue weighted by molar-refractivity contribution is 5.32. The number of hydrogen-bond acceptors (Lipinski definition) is 2. The second-order valence-electron chi connectivity index (χ2n) is 9.08. The van der Waals surface area contributed by atoms with E-state index in [9.17, 15) is 0 Å². The summed E-state index contributed by atoms with van der Waals surface area (Å²) < 4.78 is 0. The Morgan fingerprint density at radius 1 is 0.741 bits per heavy atom. The average Bonchev–Trinajstić information content (AvgIpc) is 3.19. The summed E-state index contributed by atoms with van der Waals surface area (Å²) in [5, 5.41) is 0. The Balaban J connectivity index is 1.62. The van der Waals surface area contributed by atoms with E-state index in [0.717, 1.165) is 0 Å². The minimum absolute atomic E-state index is 0.374. The van der Waals surface area contributed by atoms with E-state index in [0.29, 0.717) is 23.4 Å². The zero-order valence-electron chi connectivity index (χ0n) is 16.6. The molecule has 3 aliphatic heterocycles. The maximum absolute atomic E-state index is 2.88. The number of fused-ring (bicyclic) bond motifs is 4. The van der Waals surface area contributed by atoms with Crippen LogP contribution in [0.4, 0.5) is 0 Å². The van der Waals surface area contributed by atoms with Gasteiger partial charge in [-0.15, -0.1) is 0 Å². The predicted molar refractivity (Wildman–Crippen MR) is 112 cm³/mol. The topological polar surface area (TPSA) is 6.48 Å². The molecule has 2 bridgehead atoms. The summed E-state index contributed by atoms with van der Waals surface area (Å²) in [7, 11) is 2.38. The van der Waals surface area contributed by atoms with Crippen LogP contribution in [0.2, 0.25) is 0 Å². The van der Waals surface area contributed by atoms with E-state index in [1.54, 1.807) is 11.1 Å². The highest BCUT2D eigenvalue weighted by Crippen LogP contribution is 2.54. The first-order valence-corrected chi connectivity index (χ1v) is 10.8. The van der Waals surface area contributed by atoms with Crippen molar-refractivity contribution >= 4 is 0 Å². The minimum Gasteiger partial charge on any atom is -0.302 e. The lowest BCUT2D eigenvalue weighted by atomic mass is 9.63. The number of rotatable bonds is 3. The largest absolute Gasteiger partial charge is 0.302 e. The molecule has 4 fully saturated rings. The van der Waals surface area contributed by atoms with Crippen LogP contribution in [0.3, 0.4) is 0 Å². The molecule has 6 rings (SSSR count). The zero-order valence-corrected chi connectivity index (χ0v) is 16.6. The molecule has 0 amide bonds. The van der Waals surface area contributed by atoms with Crippen LogP contribution >= 0.6 is 0 Å². The molecule has 2 heteroatoms. The molecule has 2 unspecified atom stereocenters. The Hall–Kier alpha value is -1.64. The minimum atomic E-state index is 0.374. The standard InChI is InChI=1S/C25H32N2/c1-26-17-14-25(27-15-8-9-16-27)18-22(20-10-4-2-5-11-20)24(26)23(19-25)21-12-6-3-7-13-21/h2-7,10-13,22-24H,8-9,14-19H2,1H3. The molecule has 1 saturated carbocycles. The van der Waals surface area contributed by atoms with Gasteiger partial charge in [0.05, 0.1) is 0 Å². The normalized spacial score (nSPS) is 34.6. The van der Waals surface area contributed by atoms with Crippen molar-refractivity contribution in [2.45, 2.75) is 55.5 Å². The Morgan fingerprint density at radius 3 is 1.78 bits per heavy atom. The first-order chi connectivity index (χ1) is 13.3. The monoisotopic (exact) mass is 360 g/mol. The van der Waals surface area contributed by atoms with Crippen LogP contribution in [0.5, 0.6) is 0 Å². The van der Waals surface area contributed by atoms with Crippen LogP contribution in [0, 0.1) is 0 Å². The van der Waals surface area contributed by atoms with Gasteiger partial charge in [0.1, 0.15) is 0 Å². The fraction of sp³-hybridized carbons (Fsp3) is 0.520. The molecule has 0 aromatic heterocycles. The number of likely N-dealkylation sites (N-methyl/N-ethyl adjacent to an activating group) is 1. The van der Waals surface area contributed by atoms with Crippen LogP contribution in [-0.4, -0.2) is 48.1 Å². The third-order valence-electron chi connectivity index (χ3n) is 7.70. The molecule has 2 nitrogen and oxygen atoms in total. The summed E-state index contributed by atoms with van der Waals surface area (Å²) in [5.41, 5.74) is 3.46. The Kier molecular flexibility index (Phi) is 4.57. The molecule has 0 radical (unpaired) electrons. The van der Waals surface area contributed by atoms with Gasteiger partial charge in [-0.05, 0) is 69.9 Å². The van der Waals surface area contributed by atoms with E-state index in [-0.39, 0.29) is 0 Å². The van der Waals surface area contributed by atoms with Crippen molar-refractivity contribution < 1.29 is 0 Å². The van der Waals surface area contributed by atoms with E-state index < -0.39 is 0 Å². The molecule has 3 heterocycles. The van der Waals surface area contributed by atoms with Crippen molar-refractivity contribution in [1.82, 2.24) is 9.80 Å². The van der Waals surface area contributed by atoms with Crippen LogP contribution in [0.15, 0.2) is 60.7 Å². The van der Waals surface area contributed by atoms with Crippen molar-refractivity contribution in [3.63, 3.8) is 0 Å². The molecule has 2 aromatic rings. The lowest BCUT2D eigenvalue weighted by molar-refractivity contribution is 0.0492. The number of benzene rings is 2. The number of nitrogens with zero attached hydrogens (tertiary/aromatic N) is 2. The van der Waals surface area contributed by atoms with Crippen LogP contribution < -0.4 is 0 Å². The van der Waals surface area contributed by atoms with Gasteiger partial charge >= 0.3 is 0 Å². The Labute approximate surface area is 164 Å². The molecule has 0 spiro atoms. The molecule has 2 atom stereocenters. The van der Waals surface area contributed by atoms with Gasteiger partial charge in [-0.3, -0.25) is 4.90 Å². The van der Waals surface area contributed by atoms with E-state index in [4.69, 9.17) is 0 Å². The quantitative estimate of drug-likeness (QED) is 0.769. The molecule has 27 heavy (non-hydrogen) atoms. The molecule has 1 aliphatic carbocycles. The fourth-order valence-electron chi connectivity index (χ4n) is 6.41. The highest BCUT2D eigenvalue weighted by atomic mass is 15.3. The number of likely N-dealkylation sites (tertiary alicyclic amines) is 1. The summed E-state index contributed by atoms with van der Waals surface area (Å²) >= 11 is 0. The van der Waals surface area contributed by atoms with Crippen molar-refractivity contribution in [2.75, 3.05) is 26.7 Å². The second-order valence-corrected chi connectivity index (χ2v) is 9.08. The fourth-order valence-corrected chi connectivity index (χ4v) is 6.41. The molecule has 3 saturated heterocycles. The Morgan fingerprint density at radius 2 is 1.26 bits per heavy atom. The third-order valence-corrected chi connectivity index (χ3v) is 7.70. The maximum atomic E-state index is 2.88. The summed E-state index contributed by atoms with van der Waals surface area (Å²) in [6, 6.07) is 23.3. The van der Waals surface area contributed by atoms with E-state index >= 15 is 0 Å². The molecule has 0 N–H and O–H groups in total. The molecular weight excluding hydrogens is 328 g/mol. The van der Waals surface area contributed by atoms with Gasteiger partial charge in [0.15, 0.2) is 0 Å². The lowest BCUT2D eigenvalue weighted by Crippen LogP contribution is -2.53. The molecular formula is C25H32N2. The van der Waals surface area contributed by atoms with Gasteiger partial charge in [0, 0.05) is 23.4 Å². The molecule has 142 valence electrons. The Bertz CT molecular complexity index is 701. The smallest absolute Gasteiger partial charge is 0.0234 e. The van der Waals surface area contributed by atoms with Crippen LogP contribution in [0.25, 0.3) is 0 Å². The lowest BCUT2D eigenvalue weighted by Gasteiger charge is -2.51. The first kappa shape index (κ1) is 17.5. The summed E-state index contributed by atoms with van der Waals surface area (Å²) in [5.74, 6) is 1.25. The molecule has 2 aromatic carbocycles. The predicted octanol–water partition coefficient (Wildman–Crippen LogP) is 4.89. The van der Waals surface area contributed by atoms with Crippen molar-refractivity contribution in [3.05, 3.63) is 71.8 Å². The third kappa shape index (κ3) is 3.03. The molecule has 4 aliphatic rings. The summed E-state index contributed by atoms with van der Waals surface area (Å²) in [6.07, 6.45) is 6.75. The van der Waals surface area contributed by atoms with Gasteiger partial charge in [0.2, 0.25) is 0 Å². The van der Waals surface area contributed by atoms with E-state index in [2.05, 4.69) is 77.5 Å². The van der Waals surface area contributed by atoms with Gasteiger partial charge in [0.25, 0.3) is 0 Å². The maximum Gasteiger partial charge on any atom is 0.0234 e. The first-order valence-electron chi connectivity index (χ1n) is 10.8. The van der Waals surface area contributed by atoms with E-state index in [1.165, 1.54) is 51.7 Å². The van der Waals surface area contributed by atoms with Gasteiger partial charge in [-0.25, -0.2) is 0 Å². The SMILES string of the molecule is CN1CCC2(N3CCCC3)CC(c3ccccc3)C1C(c1ccccc1)C2. The van der Waals surface area contributed by atoms with Crippen molar-refractivity contribution in [2.24, 2.45) is 0 Å². The second kappa shape index (κ2) is 7.07. The van der Waals surface area contributed by atoms with Crippen LogP contribution in [-0.2, 0) is 0 Å². The average molecular weight is 361 g/mol. The summed E-state index contributed by atoms with van der Waals surface area (Å²) in [4.78, 5) is 5.58. The zero-order chi connectivity index (χ0) is 18.3. The number of hydrogen-bond donors (Lipinski definition) is 0. The van der Waals surface area contributed by atoms with Crippen molar-refractivity contribution in [3.8, 4) is 0 Å². The highest BCUT2D eigenvalue weighted by Gasteiger charge is 2.53. The summed E-state index contributed by atoms with van der Waals surface area (Å²) in [6.45, 7) is 3.84. The van der Waals surface area contributed by atoms with Gasteiger partial charge in [-0.2, -0.15) is 0 Å². The van der Waals surface area contributed by atoms with Crippen LogP contribution in [0.1, 0.15) is 55.1 Å². The van der Waals surface area contributed by atoms with Gasteiger partial charge < -0.3 is 4.90 Å². The van der Waals surface area contributed by atoms with E-state index in [1.807, 2.05) is 0 Å².